The lowest BCUT2D eigenvalue weighted by molar-refractivity contribution is 0.0981. The molecule has 1 unspecified atom stereocenters. The van der Waals surface area contributed by atoms with E-state index < -0.39 is 0 Å². The van der Waals surface area contributed by atoms with E-state index in [2.05, 4.69) is 43.2 Å². The summed E-state index contributed by atoms with van der Waals surface area (Å²) < 4.78 is 1.05. The molecule has 20 heavy (non-hydrogen) atoms. The lowest BCUT2D eigenvalue weighted by atomic mass is 10.1. The van der Waals surface area contributed by atoms with Gasteiger partial charge in [0.2, 0.25) is 0 Å². The van der Waals surface area contributed by atoms with Gasteiger partial charge in [0.15, 0.2) is 0 Å². The number of benzene rings is 1. The maximum Gasteiger partial charge on any atom is 0.0462 e. The van der Waals surface area contributed by atoms with E-state index in [0.717, 1.165) is 35.2 Å². The third kappa shape index (κ3) is 3.55. The van der Waals surface area contributed by atoms with Crippen LogP contribution in [0, 0.1) is 0 Å². The minimum absolute atomic E-state index is 0.758. The van der Waals surface area contributed by atoms with Gasteiger partial charge < -0.3 is 5.32 Å². The molecule has 3 rings (SSSR count). The molecule has 110 valence electrons. The Hall–Kier alpha value is -0.130. The van der Waals surface area contributed by atoms with Gasteiger partial charge in [0.05, 0.1) is 0 Å². The van der Waals surface area contributed by atoms with E-state index in [0.29, 0.717) is 0 Å². The van der Waals surface area contributed by atoms with Crippen LogP contribution in [-0.2, 0) is 6.54 Å². The van der Waals surface area contributed by atoms with Gasteiger partial charge >= 0.3 is 0 Å². The molecule has 5 heteroatoms. The highest BCUT2D eigenvalue weighted by Crippen LogP contribution is 2.23. The van der Waals surface area contributed by atoms with E-state index in [1.165, 1.54) is 38.2 Å². The summed E-state index contributed by atoms with van der Waals surface area (Å²) in [4.78, 5) is 5.15. The highest BCUT2D eigenvalue weighted by atomic mass is 79.9. The Morgan fingerprint density at radius 1 is 1.25 bits per heavy atom. The highest BCUT2D eigenvalue weighted by Gasteiger charge is 2.26. The number of hydrogen-bond acceptors (Lipinski definition) is 3. The fourth-order valence-corrected chi connectivity index (χ4v) is 3.86. The van der Waals surface area contributed by atoms with Gasteiger partial charge in [-0.25, -0.2) is 0 Å². The first-order valence-electron chi connectivity index (χ1n) is 7.33. The standard InChI is InChI=1S/C15H21BrClN3/c16-13-2-1-12(15(17)9-13)11-19-5-7-20(8-6-19)14-3-4-18-10-14/h1-2,9,14,18H,3-8,10-11H2. The van der Waals surface area contributed by atoms with Gasteiger partial charge in [0.25, 0.3) is 0 Å². The summed E-state index contributed by atoms with van der Waals surface area (Å²) in [6.45, 7) is 7.95. The van der Waals surface area contributed by atoms with Crippen molar-refractivity contribution in [1.29, 1.82) is 0 Å². The molecule has 2 aliphatic rings. The van der Waals surface area contributed by atoms with Crippen LogP contribution in [0.3, 0.4) is 0 Å². The molecule has 2 fully saturated rings. The zero-order valence-corrected chi connectivity index (χ0v) is 14.0. The van der Waals surface area contributed by atoms with Crippen LogP contribution in [0.4, 0.5) is 0 Å². The van der Waals surface area contributed by atoms with E-state index in [-0.39, 0.29) is 0 Å². The van der Waals surface area contributed by atoms with Crippen LogP contribution >= 0.6 is 27.5 Å². The maximum absolute atomic E-state index is 6.31. The SMILES string of the molecule is Clc1cc(Br)ccc1CN1CCN(C2CCNC2)CC1. The molecule has 1 aromatic rings. The highest BCUT2D eigenvalue weighted by molar-refractivity contribution is 9.10. The summed E-state index contributed by atoms with van der Waals surface area (Å²) in [6, 6.07) is 6.94. The molecule has 0 spiro atoms. The normalized spacial score (nSPS) is 25.2. The zero-order valence-electron chi connectivity index (χ0n) is 11.6. The minimum Gasteiger partial charge on any atom is -0.315 e. The number of nitrogens with one attached hydrogen (secondary N) is 1. The largest absolute Gasteiger partial charge is 0.315 e. The molecule has 1 N–H and O–H groups in total. The quantitative estimate of drug-likeness (QED) is 0.896. The molecule has 0 amide bonds. The molecule has 0 radical (unpaired) electrons. The summed E-state index contributed by atoms with van der Waals surface area (Å²) in [5.74, 6) is 0. The van der Waals surface area contributed by atoms with Crippen molar-refractivity contribution in [2.24, 2.45) is 0 Å². The van der Waals surface area contributed by atoms with Crippen LogP contribution in [0.5, 0.6) is 0 Å². The summed E-state index contributed by atoms with van der Waals surface area (Å²) in [5.41, 5.74) is 1.23. The lowest BCUT2D eigenvalue weighted by Gasteiger charge is -2.37. The zero-order chi connectivity index (χ0) is 13.9. The van der Waals surface area contributed by atoms with Crippen molar-refractivity contribution < 1.29 is 0 Å². The Morgan fingerprint density at radius 2 is 2.05 bits per heavy atom. The number of halogens is 2. The van der Waals surface area contributed by atoms with Crippen LogP contribution < -0.4 is 5.32 Å². The average Bonchev–Trinajstić information content (AvgIpc) is 2.97. The van der Waals surface area contributed by atoms with Crippen molar-refractivity contribution in [2.45, 2.75) is 19.0 Å². The van der Waals surface area contributed by atoms with Gasteiger partial charge in [-0.1, -0.05) is 33.6 Å². The van der Waals surface area contributed by atoms with Gasteiger partial charge in [-0.2, -0.15) is 0 Å². The molecule has 1 aromatic carbocycles. The third-order valence-electron chi connectivity index (χ3n) is 4.37. The van der Waals surface area contributed by atoms with Crippen molar-refractivity contribution in [3.63, 3.8) is 0 Å². The molecule has 3 nitrogen and oxygen atoms in total. The molecule has 1 atom stereocenters. The van der Waals surface area contributed by atoms with E-state index in [4.69, 9.17) is 11.6 Å². The number of hydrogen-bond donors (Lipinski definition) is 1. The molecule has 2 heterocycles. The van der Waals surface area contributed by atoms with Crippen molar-refractivity contribution >= 4 is 27.5 Å². The van der Waals surface area contributed by atoms with E-state index in [1.54, 1.807) is 0 Å². The van der Waals surface area contributed by atoms with Crippen molar-refractivity contribution in [2.75, 3.05) is 39.3 Å². The lowest BCUT2D eigenvalue weighted by Crippen LogP contribution is -2.50. The number of rotatable bonds is 3. The van der Waals surface area contributed by atoms with E-state index in [9.17, 15) is 0 Å². The second-order valence-corrected chi connectivity index (χ2v) is 7.02. The average molecular weight is 359 g/mol. The summed E-state index contributed by atoms with van der Waals surface area (Å²) in [5, 5.41) is 4.32. The maximum atomic E-state index is 6.31. The predicted molar refractivity (Wildman–Crippen MR) is 87.3 cm³/mol. The molecular formula is C15H21BrClN3. The molecule has 0 bridgehead atoms. The molecular weight excluding hydrogens is 338 g/mol. The monoisotopic (exact) mass is 357 g/mol. The van der Waals surface area contributed by atoms with Crippen LogP contribution in [-0.4, -0.2) is 55.1 Å². The van der Waals surface area contributed by atoms with Crippen LogP contribution in [0.2, 0.25) is 5.02 Å². The Kier molecular flexibility index (Phi) is 5.00. The summed E-state index contributed by atoms with van der Waals surface area (Å²) in [7, 11) is 0. The molecule has 0 aromatic heterocycles. The Bertz CT molecular complexity index is 454. The Morgan fingerprint density at radius 3 is 2.70 bits per heavy atom. The van der Waals surface area contributed by atoms with Gasteiger partial charge in [-0.3, -0.25) is 9.80 Å². The second-order valence-electron chi connectivity index (χ2n) is 5.69. The van der Waals surface area contributed by atoms with E-state index >= 15 is 0 Å². The van der Waals surface area contributed by atoms with Crippen molar-refractivity contribution in [3.8, 4) is 0 Å². The second kappa shape index (κ2) is 6.75. The molecule has 0 aliphatic carbocycles. The fraction of sp³-hybridized carbons (Fsp3) is 0.600. The third-order valence-corrected chi connectivity index (χ3v) is 5.21. The van der Waals surface area contributed by atoms with Gasteiger partial charge in [-0.05, 0) is 30.7 Å². The fourth-order valence-electron chi connectivity index (χ4n) is 3.13. The number of piperazine rings is 1. The smallest absolute Gasteiger partial charge is 0.0462 e. The van der Waals surface area contributed by atoms with E-state index in [1.807, 2.05) is 6.07 Å². The van der Waals surface area contributed by atoms with Gasteiger partial charge in [-0.15, -0.1) is 0 Å². The van der Waals surface area contributed by atoms with Crippen LogP contribution in [0.15, 0.2) is 22.7 Å². The Labute approximate surface area is 134 Å². The van der Waals surface area contributed by atoms with Gasteiger partial charge in [0, 0.05) is 54.8 Å². The van der Waals surface area contributed by atoms with Gasteiger partial charge in [0.1, 0.15) is 0 Å². The first-order chi connectivity index (χ1) is 9.72. The van der Waals surface area contributed by atoms with Crippen molar-refractivity contribution in [3.05, 3.63) is 33.3 Å². The molecule has 2 saturated heterocycles. The first-order valence-corrected chi connectivity index (χ1v) is 8.50. The first kappa shape index (κ1) is 14.8. The molecule has 2 aliphatic heterocycles. The number of nitrogens with zero attached hydrogens (tertiary/aromatic N) is 2. The topological polar surface area (TPSA) is 18.5 Å². The molecule has 0 saturated carbocycles. The van der Waals surface area contributed by atoms with Crippen LogP contribution in [0.25, 0.3) is 0 Å². The van der Waals surface area contributed by atoms with Crippen LogP contribution in [0.1, 0.15) is 12.0 Å². The Balaban J connectivity index is 1.53. The summed E-state index contributed by atoms with van der Waals surface area (Å²) in [6.07, 6.45) is 1.30. The van der Waals surface area contributed by atoms with Crippen molar-refractivity contribution in [1.82, 2.24) is 15.1 Å². The minimum atomic E-state index is 0.758. The predicted octanol–water partition coefficient (Wildman–Crippen LogP) is 2.58. The summed E-state index contributed by atoms with van der Waals surface area (Å²) >= 11 is 9.76.